The molecule has 54 valence electrons. The molecule has 0 radical (unpaired) electrons. The number of nitrogens with one attached hydrogen (secondary N) is 2. The molecule has 3 nitrogen and oxygen atoms in total. The van der Waals surface area contributed by atoms with Crippen molar-refractivity contribution in [3.8, 4) is 0 Å². The second-order valence-electron chi connectivity index (χ2n) is 1.87. The van der Waals surface area contributed by atoms with Crippen LogP contribution in [0, 0.1) is 0 Å². The zero-order chi connectivity index (χ0) is 7.23. The summed E-state index contributed by atoms with van der Waals surface area (Å²) in [6.45, 7) is 2.91. The van der Waals surface area contributed by atoms with Crippen molar-refractivity contribution in [1.82, 2.24) is 10.4 Å². The highest BCUT2D eigenvalue weighted by molar-refractivity contribution is 5.31. The lowest BCUT2D eigenvalue weighted by atomic mass is 10.5. The molecule has 0 aliphatic carbocycles. The van der Waals surface area contributed by atoms with Gasteiger partial charge in [-0.2, -0.15) is 0 Å². The average Bonchev–Trinajstić information content (AvgIpc) is 2.03. The maximum Gasteiger partial charge on any atom is 0.140 e. The van der Waals surface area contributed by atoms with Crippen molar-refractivity contribution >= 4 is 5.82 Å². The molecule has 0 unspecified atom stereocenters. The number of aromatic nitrogens is 1. The fourth-order valence-corrected chi connectivity index (χ4v) is 0.616. The molecule has 1 heterocycles. The Balaban J connectivity index is 2.43. The van der Waals surface area contributed by atoms with E-state index in [0.29, 0.717) is 0 Å². The summed E-state index contributed by atoms with van der Waals surface area (Å²) in [6.07, 6.45) is 1.75. The molecular formula is C7H11N3. The van der Waals surface area contributed by atoms with Gasteiger partial charge >= 0.3 is 0 Å². The van der Waals surface area contributed by atoms with Gasteiger partial charge in [0.05, 0.1) is 0 Å². The average molecular weight is 137 g/mol. The zero-order valence-corrected chi connectivity index (χ0v) is 5.96. The second-order valence-corrected chi connectivity index (χ2v) is 1.87. The molecule has 0 aliphatic rings. The maximum atomic E-state index is 4.04. The molecular weight excluding hydrogens is 126 g/mol. The van der Waals surface area contributed by atoms with E-state index in [2.05, 4.69) is 15.8 Å². The van der Waals surface area contributed by atoms with Crippen LogP contribution in [0.25, 0.3) is 0 Å². The monoisotopic (exact) mass is 137 g/mol. The first-order valence-electron chi connectivity index (χ1n) is 3.33. The number of nitrogens with zero attached hydrogens (tertiary/aromatic N) is 1. The Morgan fingerprint density at radius 3 is 3.00 bits per heavy atom. The third kappa shape index (κ3) is 2.03. The summed E-state index contributed by atoms with van der Waals surface area (Å²) in [5.74, 6) is 0.851. The molecule has 0 aliphatic heterocycles. The second kappa shape index (κ2) is 3.85. The quantitative estimate of drug-likeness (QED) is 0.611. The molecule has 0 aromatic carbocycles. The third-order valence-corrected chi connectivity index (χ3v) is 1.06. The number of pyridine rings is 1. The molecule has 3 heteroatoms. The van der Waals surface area contributed by atoms with E-state index in [1.807, 2.05) is 25.1 Å². The van der Waals surface area contributed by atoms with Gasteiger partial charge in [-0.25, -0.2) is 10.4 Å². The van der Waals surface area contributed by atoms with Gasteiger partial charge in [-0.15, -0.1) is 0 Å². The van der Waals surface area contributed by atoms with E-state index >= 15 is 0 Å². The smallest absolute Gasteiger partial charge is 0.140 e. The van der Waals surface area contributed by atoms with Gasteiger partial charge in [0.2, 0.25) is 0 Å². The molecule has 1 aromatic heterocycles. The van der Waals surface area contributed by atoms with Crippen molar-refractivity contribution < 1.29 is 0 Å². The van der Waals surface area contributed by atoms with Crippen LogP contribution in [0.2, 0.25) is 0 Å². The third-order valence-electron chi connectivity index (χ3n) is 1.06. The van der Waals surface area contributed by atoms with E-state index in [0.717, 1.165) is 12.4 Å². The van der Waals surface area contributed by atoms with E-state index in [1.54, 1.807) is 6.20 Å². The number of rotatable bonds is 3. The van der Waals surface area contributed by atoms with Crippen molar-refractivity contribution in [3.05, 3.63) is 24.4 Å². The summed E-state index contributed by atoms with van der Waals surface area (Å²) in [5.41, 5.74) is 5.89. The van der Waals surface area contributed by atoms with Crippen LogP contribution in [-0.4, -0.2) is 11.5 Å². The maximum absolute atomic E-state index is 4.04. The van der Waals surface area contributed by atoms with Crippen LogP contribution in [0.4, 0.5) is 5.82 Å². The van der Waals surface area contributed by atoms with Gasteiger partial charge in [-0.1, -0.05) is 13.0 Å². The molecule has 2 N–H and O–H groups in total. The summed E-state index contributed by atoms with van der Waals surface area (Å²) in [6, 6.07) is 5.73. The molecule has 0 amide bonds. The number of hydrazine groups is 1. The lowest BCUT2D eigenvalue weighted by molar-refractivity contribution is 0.836. The Morgan fingerprint density at radius 1 is 1.50 bits per heavy atom. The van der Waals surface area contributed by atoms with Gasteiger partial charge in [-0.05, 0) is 12.1 Å². The largest absolute Gasteiger partial charge is 0.306 e. The standard InChI is InChI=1S/C7H11N3/c1-2-9-10-7-5-3-4-6-8-7/h3-6,9H,2H2,1H3,(H,8,10). The van der Waals surface area contributed by atoms with Crippen molar-refractivity contribution in [1.29, 1.82) is 0 Å². The normalized spacial score (nSPS) is 9.30. The molecule has 0 atom stereocenters. The first kappa shape index (κ1) is 7.02. The van der Waals surface area contributed by atoms with Gasteiger partial charge in [-0.3, -0.25) is 0 Å². The summed E-state index contributed by atoms with van der Waals surface area (Å²) in [5, 5.41) is 0. The highest BCUT2D eigenvalue weighted by atomic mass is 15.4. The summed E-state index contributed by atoms with van der Waals surface area (Å²) in [4.78, 5) is 4.04. The van der Waals surface area contributed by atoms with Crippen LogP contribution in [0.15, 0.2) is 24.4 Å². The Labute approximate surface area is 60.5 Å². The van der Waals surface area contributed by atoms with E-state index in [9.17, 15) is 0 Å². The predicted octanol–water partition coefficient (Wildman–Crippen LogP) is 1.02. The van der Waals surface area contributed by atoms with Gasteiger partial charge < -0.3 is 5.43 Å². The highest BCUT2D eigenvalue weighted by Gasteiger charge is 1.84. The van der Waals surface area contributed by atoms with Gasteiger partial charge in [0.25, 0.3) is 0 Å². The summed E-state index contributed by atoms with van der Waals surface area (Å²) in [7, 11) is 0. The van der Waals surface area contributed by atoms with Crippen molar-refractivity contribution in [3.63, 3.8) is 0 Å². The first-order chi connectivity index (χ1) is 4.93. The minimum absolute atomic E-state index is 0.851. The molecule has 1 aromatic rings. The molecule has 0 fully saturated rings. The van der Waals surface area contributed by atoms with E-state index in [-0.39, 0.29) is 0 Å². The number of hydrogen-bond acceptors (Lipinski definition) is 3. The minimum atomic E-state index is 0.851. The Hall–Kier alpha value is -1.09. The fourth-order valence-electron chi connectivity index (χ4n) is 0.616. The lowest BCUT2D eigenvalue weighted by Gasteiger charge is -2.02. The van der Waals surface area contributed by atoms with Crippen molar-refractivity contribution in [2.24, 2.45) is 0 Å². The Morgan fingerprint density at radius 2 is 2.40 bits per heavy atom. The predicted molar refractivity (Wildman–Crippen MR) is 41.5 cm³/mol. The van der Waals surface area contributed by atoms with Crippen LogP contribution in [0.5, 0.6) is 0 Å². The van der Waals surface area contributed by atoms with Gasteiger partial charge in [0.15, 0.2) is 0 Å². The number of hydrogen-bond donors (Lipinski definition) is 2. The molecule has 0 spiro atoms. The fraction of sp³-hybridized carbons (Fsp3) is 0.286. The molecule has 0 bridgehead atoms. The van der Waals surface area contributed by atoms with E-state index in [1.165, 1.54) is 0 Å². The topological polar surface area (TPSA) is 37.0 Å². The van der Waals surface area contributed by atoms with Crippen LogP contribution in [0.1, 0.15) is 6.92 Å². The zero-order valence-electron chi connectivity index (χ0n) is 5.96. The van der Waals surface area contributed by atoms with E-state index < -0.39 is 0 Å². The molecule has 10 heavy (non-hydrogen) atoms. The van der Waals surface area contributed by atoms with Crippen LogP contribution in [-0.2, 0) is 0 Å². The van der Waals surface area contributed by atoms with Crippen LogP contribution < -0.4 is 10.9 Å². The highest BCUT2D eigenvalue weighted by Crippen LogP contribution is 1.95. The van der Waals surface area contributed by atoms with Crippen molar-refractivity contribution in [2.45, 2.75) is 6.92 Å². The first-order valence-corrected chi connectivity index (χ1v) is 3.33. The Bertz CT molecular complexity index is 173. The van der Waals surface area contributed by atoms with Gasteiger partial charge in [0, 0.05) is 12.7 Å². The summed E-state index contributed by atoms with van der Waals surface area (Å²) >= 11 is 0. The number of anilines is 1. The molecule has 0 saturated heterocycles. The molecule has 0 saturated carbocycles. The molecule has 1 rings (SSSR count). The lowest BCUT2D eigenvalue weighted by Crippen LogP contribution is -2.21. The minimum Gasteiger partial charge on any atom is -0.306 e. The Kier molecular flexibility index (Phi) is 2.70. The van der Waals surface area contributed by atoms with Crippen LogP contribution >= 0.6 is 0 Å². The van der Waals surface area contributed by atoms with Crippen molar-refractivity contribution in [2.75, 3.05) is 12.0 Å². The van der Waals surface area contributed by atoms with Crippen LogP contribution in [0.3, 0.4) is 0 Å². The SMILES string of the molecule is CCNNc1ccccn1. The van der Waals surface area contributed by atoms with Gasteiger partial charge in [0.1, 0.15) is 5.82 Å². The summed E-state index contributed by atoms with van der Waals surface area (Å²) < 4.78 is 0. The van der Waals surface area contributed by atoms with E-state index in [4.69, 9.17) is 0 Å².